The minimum absolute atomic E-state index is 0.177. The highest BCUT2D eigenvalue weighted by Gasteiger charge is 2.10. The first-order valence-corrected chi connectivity index (χ1v) is 7.46. The Balaban J connectivity index is 1.54. The Labute approximate surface area is 129 Å². The monoisotopic (exact) mass is 317 g/mol. The second kappa shape index (κ2) is 6.48. The van der Waals surface area contributed by atoms with Crippen molar-refractivity contribution in [2.45, 2.75) is 13.0 Å². The van der Waals surface area contributed by atoms with Gasteiger partial charge in [-0.2, -0.15) is 4.98 Å². The van der Waals surface area contributed by atoms with Gasteiger partial charge in [-0.05, 0) is 29.1 Å². The molecule has 22 heavy (non-hydrogen) atoms. The molecule has 112 valence electrons. The second-order valence-electron chi connectivity index (χ2n) is 4.57. The van der Waals surface area contributed by atoms with Crippen LogP contribution < -0.4 is 5.32 Å². The number of benzene rings is 1. The van der Waals surface area contributed by atoms with Gasteiger partial charge in [0.15, 0.2) is 5.82 Å². The lowest BCUT2D eigenvalue weighted by atomic mass is 10.1. The topological polar surface area (TPSA) is 68.0 Å². The maximum Gasteiger partial charge on any atom is 0.268 e. The molecule has 3 rings (SSSR count). The van der Waals surface area contributed by atoms with Crippen molar-refractivity contribution in [2.24, 2.45) is 0 Å². The minimum Gasteiger partial charge on any atom is -0.348 e. The molecule has 0 radical (unpaired) electrons. The molecule has 0 aliphatic rings. The van der Waals surface area contributed by atoms with Crippen molar-refractivity contribution in [1.82, 2.24) is 15.5 Å². The maximum absolute atomic E-state index is 12.8. The molecule has 1 aromatic carbocycles. The fourth-order valence-electron chi connectivity index (χ4n) is 1.85. The van der Waals surface area contributed by atoms with Crippen molar-refractivity contribution in [1.29, 1.82) is 0 Å². The smallest absolute Gasteiger partial charge is 0.268 e. The van der Waals surface area contributed by atoms with Crippen LogP contribution in [-0.2, 0) is 17.8 Å². The Morgan fingerprint density at radius 2 is 2.09 bits per heavy atom. The Morgan fingerprint density at radius 1 is 1.27 bits per heavy atom. The van der Waals surface area contributed by atoms with Crippen LogP contribution in [0.25, 0.3) is 10.8 Å². The molecule has 0 bridgehead atoms. The van der Waals surface area contributed by atoms with Crippen LogP contribution in [0.2, 0.25) is 0 Å². The van der Waals surface area contributed by atoms with Crippen molar-refractivity contribution >= 4 is 17.2 Å². The van der Waals surface area contributed by atoms with Gasteiger partial charge in [-0.3, -0.25) is 4.79 Å². The highest BCUT2D eigenvalue weighted by Crippen LogP contribution is 2.22. The van der Waals surface area contributed by atoms with E-state index in [1.54, 1.807) is 12.1 Å². The summed E-state index contributed by atoms with van der Waals surface area (Å²) >= 11 is 1.50. The zero-order valence-corrected chi connectivity index (χ0v) is 12.3. The third kappa shape index (κ3) is 3.56. The van der Waals surface area contributed by atoms with E-state index in [4.69, 9.17) is 4.52 Å². The number of aromatic nitrogens is 2. The average molecular weight is 317 g/mol. The van der Waals surface area contributed by atoms with Gasteiger partial charge in [0.05, 0.1) is 17.8 Å². The lowest BCUT2D eigenvalue weighted by Crippen LogP contribution is -2.25. The van der Waals surface area contributed by atoms with Crippen LogP contribution in [0.3, 0.4) is 0 Å². The molecule has 5 nitrogen and oxygen atoms in total. The SMILES string of the molecule is O=C(Cc1ccc(F)cc1)NCc1noc(-c2cccs2)n1. The predicted octanol–water partition coefficient (Wildman–Crippen LogP) is 2.80. The molecule has 0 fully saturated rings. The zero-order chi connectivity index (χ0) is 15.4. The van der Waals surface area contributed by atoms with E-state index in [1.807, 2.05) is 17.5 Å². The molecule has 0 aliphatic carbocycles. The number of carbonyl (C=O) groups excluding carboxylic acids is 1. The number of hydrogen-bond acceptors (Lipinski definition) is 5. The summed E-state index contributed by atoms with van der Waals surface area (Å²) < 4.78 is 17.9. The van der Waals surface area contributed by atoms with Crippen LogP contribution in [0.5, 0.6) is 0 Å². The largest absolute Gasteiger partial charge is 0.348 e. The van der Waals surface area contributed by atoms with E-state index in [0.29, 0.717) is 11.7 Å². The molecule has 0 atom stereocenters. The highest BCUT2D eigenvalue weighted by atomic mass is 32.1. The molecule has 7 heteroatoms. The van der Waals surface area contributed by atoms with Crippen molar-refractivity contribution in [3.63, 3.8) is 0 Å². The Morgan fingerprint density at radius 3 is 2.82 bits per heavy atom. The molecule has 1 amide bonds. The van der Waals surface area contributed by atoms with Crippen molar-refractivity contribution < 1.29 is 13.7 Å². The number of hydrogen-bond donors (Lipinski definition) is 1. The van der Waals surface area contributed by atoms with Crippen molar-refractivity contribution in [2.75, 3.05) is 0 Å². The molecular weight excluding hydrogens is 305 g/mol. The average Bonchev–Trinajstić information content (AvgIpc) is 3.18. The number of amides is 1. The first-order valence-electron chi connectivity index (χ1n) is 6.58. The molecule has 1 N–H and O–H groups in total. The summed E-state index contributed by atoms with van der Waals surface area (Å²) in [6, 6.07) is 9.60. The van der Waals surface area contributed by atoms with Gasteiger partial charge in [-0.15, -0.1) is 11.3 Å². The summed E-state index contributed by atoms with van der Waals surface area (Å²) in [4.78, 5) is 16.9. The van der Waals surface area contributed by atoms with E-state index in [1.165, 1.54) is 23.5 Å². The van der Waals surface area contributed by atoms with E-state index in [-0.39, 0.29) is 24.7 Å². The Bertz CT molecular complexity index is 753. The molecule has 3 aromatic rings. The molecular formula is C15H12FN3O2S. The normalized spacial score (nSPS) is 10.6. The van der Waals surface area contributed by atoms with E-state index in [2.05, 4.69) is 15.5 Å². The molecule has 0 saturated heterocycles. The van der Waals surface area contributed by atoms with Gasteiger partial charge in [0.1, 0.15) is 5.82 Å². The number of carbonyl (C=O) groups is 1. The number of thiophene rings is 1. The van der Waals surface area contributed by atoms with Gasteiger partial charge in [-0.1, -0.05) is 23.4 Å². The molecule has 0 saturated carbocycles. The van der Waals surface area contributed by atoms with Gasteiger partial charge < -0.3 is 9.84 Å². The van der Waals surface area contributed by atoms with Crippen LogP contribution in [0.4, 0.5) is 4.39 Å². The molecule has 2 heterocycles. The fraction of sp³-hybridized carbons (Fsp3) is 0.133. The standard InChI is InChI=1S/C15H12FN3O2S/c16-11-5-3-10(4-6-11)8-14(20)17-9-13-18-15(21-19-13)12-2-1-7-22-12/h1-7H,8-9H2,(H,17,20). The van der Waals surface area contributed by atoms with Gasteiger partial charge in [0, 0.05) is 0 Å². The predicted molar refractivity (Wildman–Crippen MR) is 79.6 cm³/mol. The highest BCUT2D eigenvalue weighted by molar-refractivity contribution is 7.13. The minimum atomic E-state index is -0.322. The lowest BCUT2D eigenvalue weighted by Gasteiger charge is -2.02. The van der Waals surface area contributed by atoms with E-state index in [0.717, 1.165) is 10.4 Å². The lowest BCUT2D eigenvalue weighted by molar-refractivity contribution is -0.120. The number of halogens is 1. The van der Waals surface area contributed by atoms with Gasteiger partial charge in [-0.25, -0.2) is 4.39 Å². The second-order valence-corrected chi connectivity index (χ2v) is 5.52. The Hall–Kier alpha value is -2.54. The van der Waals surface area contributed by atoms with Crippen molar-refractivity contribution in [3.05, 3.63) is 59.0 Å². The van der Waals surface area contributed by atoms with Crippen LogP contribution >= 0.6 is 11.3 Å². The quantitative estimate of drug-likeness (QED) is 0.785. The Kier molecular flexibility index (Phi) is 4.24. The van der Waals surface area contributed by atoms with Gasteiger partial charge in [0.2, 0.25) is 5.91 Å². The van der Waals surface area contributed by atoms with Crippen LogP contribution in [0.1, 0.15) is 11.4 Å². The van der Waals surface area contributed by atoms with Crippen LogP contribution in [0.15, 0.2) is 46.3 Å². The first kappa shape index (κ1) is 14.4. The summed E-state index contributed by atoms with van der Waals surface area (Å²) in [6.45, 7) is 0.189. The summed E-state index contributed by atoms with van der Waals surface area (Å²) in [5.41, 5.74) is 0.742. The van der Waals surface area contributed by atoms with Crippen molar-refractivity contribution in [3.8, 4) is 10.8 Å². The number of nitrogens with zero attached hydrogens (tertiary/aromatic N) is 2. The number of rotatable bonds is 5. The van der Waals surface area contributed by atoms with Crippen LogP contribution in [0, 0.1) is 5.82 Å². The third-order valence-electron chi connectivity index (χ3n) is 2.92. The molecule has 0 spiro atoms. The van der Waals surface area contributed by atoms with E-state index in [9.17, 15) is 9.18 Å². The third-order valence-corrected chi connectivity index (χ3v) is 3.78. The summed E-state index contributed by atoms with van der Waals surface area (Å²) in [5.74, 6) is 0.347. The molecule has 0 unspecified atom stereocenters. The van der Waals surface area contributed by atoms with Gasteiger partial charge >= 0.3 is 0 Å². The maximum atomic E-state index is 12.8. The summed E-state index contributed by atoms with van der Waals surface area (Å²) in [6.07, 6.45) is 0.177. The first-order chi connectivity index (χ1) is 10.7. The zero-order valence-electron chi connectivity index (χ0n) is 11.5. The fourth-order valence-corrected chi connectivity index (χ4v) is 2.50. The van der Waals surface area contributed by atoms with Gasteiger partial charge in [0.25, 0.3) is 5.89 Å². The number of nitrogens with one attached hydrogen (secondary N) is 1. The molecule has 2 aromatic heterocycles. The summed E-state index contributed by atoms with van der Waals surface area (Å²) in [7, 11) is 0. The molecule has 0 aliphatic heterocycles. The van der Waals surface area contributed by atoms with E-state index >= 15 is 0 Å². The van der Waals surface area contributed by atoms with E-state index < -0.39 is 0 Å². The summed E-state index contributed by atoms with van der Waals surface area (Å²) in [5, 5.41) is 8.45. The van der Waals surface area contributed by atoms with Crippen LogP contribution in [-0.4, -0.2) is 16.0 Å².